The lowest BCUT2D eigenvalue weighted by molar-refractivity contribution is 0.399. The molecule has 2 aromatic heterocycles. The molecule has 0 saturated heterocycles. The van der Waals surface area contributed by atoms with E-state index < -0.39 is 0 Å². The monoisotopic (exact) mass is 264 g/mol. The Morgan fingerprint density at radius 3 is 3.06 bits per heavy atom. The zero-order valence-corrected chi connectivity index (χ0v) is 11.3. The third-order valence-corrected chi connectivity index (χ3v) is 3.44. The maximum atomic E-state index is 5.22. The molecular formula is C12H16N4OS. The van der Waals surface area contributed by atoms with Crippen molar-refractivity contribution in [3.63, 3.8) is 0 Å². The summed E-state index contributed by atoms with van der Waals surface area (Å²) in [7, 11) is 1.61. The van der Waals surface area contributed by atoms with Crippen LogP contribution < -0.4 is 10.1 Å². The van der Waals surface area contributed by atoms with E-state index in [0.717, 1.165) is 35.1 Å². The number of hydrogen-bond acceptors (Lipinski definition) is 6. The van der Waals surface area contributed by atoms with Crippen LogP contribution in [0.4, 0.5) is 0 Å². The van der Waals surface area contributed by atoms with E-state index >= 15 is 0 Å². The molecule has 6 heteroatoms. The molecule has 0 bridgehead atoms. The van der Waals surface area contributed by atoms with Crippen LogP contribution in [0.15, 0.2) is 18.3 Å². The number of methoxy groups -OCH3 is 1. The standard InChI is InChI=1S/C12H16N4OS/c1-3-13-8-6-10-15-16-12(18-10)9-5-4-7-14-11(9)17-2/h4-5,7,13H,3,6,8H2,1-2H3. The third kappa shape index (κ3) is 3.02. The summed E-state index contributed by atoms with van der Waals surface area (Å²) < 4.78 is 5.22. The number of ether oxygens (including phenoxy) is 1. The molecule has 0 atom stereocenters. The highest BCUT2D eigenvalue weighted by atomic mass is 32.1. The quantitative estimate of drug-likeness (QED) is 0.806. The maximum Gasteiger partial charge on any atom is 0.223 e. The first-order chi connectivity index (χ1) is 8.85. The van der Waals surface area contributed by atoms with E-state index in [-0.39, 0.29) is 0 Å². The van der Waals surface area contributed by atoms with E-state index in [1.807, 2.05) is 12.1 Å². The van der Waals surface area contributed by atoms with Crippen LogP contribution in [0, 0.1) is 0 Å². The van der Waals surface area contributed by atoms with Gasteiger partial charge in [0.05, 0.1) is 12.7 Å². The van der Waals surface area contributed by atoms with Crippen molar-refractivity contribution in [2.24, 2.45) is 0 Å². The molecule has 2 aromatic rings. The van der Waals surface area contributed by atoms with Gasteiger partial charge in [-0.3, -0.25) is 0 Å². The fourth-order valence-electron chi connectivity index (χ4n) is 1.55. The fraction of sp³-hybridized carbons (Fsp3) is 0.417. The van der Waals surface area contributed by atoms with Crippen LogP contribution in [0.1, 0.15) is 11.9 Å². The summed E-state index contributed by atoms with van der Waals surface area (Å²) >= 11 is 1.58. The van der Waals surface area contributed by atoms with E-state index in [9.17, 15) is 0 Å². The highest BCUT2D eigenvalue weighted by Gasteiger charge is 2.11. The molecule has 0 fully saturated rings. The van der Waals surface area contributed by atoms with Crippen LogP contribution >= 0.6 is 11.3 Å². The van der Waals surface area contributed by atoms with Crippen molar-refractivity contribution in [1.82, 2.24) is 20.5 Å². The molecule has 1 N–H and O–H groups in total. The van der Waals surface area contributed by atoms with Crippen molar-refractivity contribution in [2.75, 3.05) is 20.2 Å². The summed E-state index contributed by atoms with van der Waals surface area (Å²) in [4.78, 5) is 4.16. The predicted molar refractivity (Wildman–Crippen MR) is 71.9 cm³/mol. The van der Waals surface area contributed by atoms with Gasteiger partial charge in [-0.25, -0.2) is 4.98 Å². The van der Waals surface area contributed by atoms with Crippen molar-refractivity contribution in [3.05, 3.63) is 23.3 Å². The van der Waals surface area contributed by atoms with E-state index in [1.54, 1.807) is 24.6 Å². The molecule has 0 aliphatic rings. The smallest absolute Gasteiger partial charge is 0.223 e. The second kappa shape index (κ2) is 6.42. The molecule has 0 aromatic carbocycles. The molecule has 0 aliphatic heterocycles. The van der Waals surface area contributed by atoms with Crippen molar-refractivity contribution in [3.8, 4) is 16.5 Å². The summed E-state index contributed by atoms with van der Waals surface area (Å²) in [6.07, 6.45) is 2.60. The second-order valence-electron chi connectivity index (χ2n) is 3.66. The number of hydrogen-bond donors (Lipinski definition) is 1. The van der Waals surface area contributed by atoms with Crippen LogP contribution in [0.25, 0.3) is 10.6 Å². The van der Waals surface area contributed by atoms with Gasteiger partial charge in [0.25, 0.3) is 0 Å². The molecule has 5 nitrogen and oxygen atoms in total. The van der Waals surface area contributed by atoms with E-state index in [1.165, 1.54) is 0 Å². The Bertz CT molecular complexity index is 500. The first kappa shape index (κ1) is 12.9. The zero-order valence-electron chi connectivity index (χ0n) is 10.5. The average molecular weight is 264 g/mol. The van der Waals surface area contributed by atoms with Gasteiger partial charge < -0.3 is 10.1 Å². The maximum absolute atomic E-state index is 5.22. The average Bonchev–Trinajstić information content (AvgIpc) is 2.88. The number of nitrogens with one attached hydrogen (secondary N) is 1. The Labute approximate surface area is 110 Å². The van der Waals surface area contributed by atoms with Crippen LogP contribution in [-0.2, 0) is 6.42 Å². The van der Waals surface area contributed by atoms with E-state index in [2.05, 4.69) is 27.4 Å². The van der Waals surface area contributed by atoms with Gasteiger partial charge >= 0.3 is 0 Å². The van der Waals surface area contributed by atoms with Gasteiger partial charge in [-0.15, -0.1) is 10.2 Å². The molecule has 0 saturated carbocycles. The Hall–Kier alpha value is -1.53. The van der Waals surface area contributed by atoms with Crippen LogP contribution in [0.3, 0.4) is 0 Å². The minimum absolute atomic E-state index is 0.590. The summed E-state index contributed by atoms with van der Waals surface area (Å²) in [6.45, 7) is 3.99. The lowest BCUT2D eigenvalue weighted by Crippen LogP contribution is -2.15. The van der Waals surface area contributed by atoms with Gasteiger partial charge in [0.2, 0.25) is 5.88 Å². The summed E-state index contributed by atoms with van der Waals surface area (Å²) in [6, 6.07) is 3.82. The summed E-state index contributed by atoms with van der Waals surface area (Å²) in [5, 5.41) is 13.5. The largest absolute Gasteiger partial charge is 0.480 e. The molecule has 0 spiro atoms. The number of rotatable bonds is 6. The normalized spacial score (nSPS) is 10.6. The molecule has 96 valence electrons. The molecule has 18 heavy (non-hydrogen) atoms. The van der Waals surface area contributed by atoms with Gasteiger partial charge in [-0.05, 0) is 18.7 Å². The van der Waals surface area contributed by atoms with Crippen molar-refractivity contribution in [1.29, 1.82) is 0 Å². The number of pyridine rings is 1. The van der Waals surface area contributed by atoms with Gasteiger partial charge in [0, 0.05) is 19.2 Å². The Kier molecular flexibility index (Phi) is 4.60. The fourth-order valence-corrected chi connectivity index (χ4v) is 2.41. The van der Waals surface area contributed by atoms with E-state index in [4.69, 9.17) is 4.74 Å². The van der Waals surface area contributed by atoms with Crippen molar-refractivity contribution >= 4 is 11.3 Å². The number of nitrogens with zero attached hydrogens (tertiary/aromatic N) is 3. The highest BCUT2D eigenvalue weighted by Crippen LogP contribution is 2.29. The Morgan fingerprint density at radius 2 is 2.28 bits per heavy atom. The zero-order chi connectivity index (χ0) is 12.8. The summed E-state index contributed by atoms with van der Waals surface area (Å²) in [5.41, 5.74) is 0.896. The van der Waals surface area contributed by atoms with Gasteiger partial charge in [-0.1, -0.05) is 18.3 Å². The SMILES string of the molecule is CCNCCc1nnc(-c2cccnc2OC)s1. The Balaban J connectivity index is 2.13. The van der Waals surface area contributed by atoms with Gasteiger partial charge in [0.15, 0.2) is 5.01 Å². The predicted octanol–water partition coefficient (Wildman–Crippen LogP) is 1.76. The van der Waals surface area contributed by atoms with Crippen LogP contribution in [0.2, 0.25) is 0 Å². The lowest BCUT2D eigenvalue weighted by atomic mass is 10.3. The second-order valence-corrected chi connectivity index (χ2v) is 4.73. The first-order valence-corrected chi connectivity index (χ1v) is 6.69. The molecule has 0 amide bonds. The van der Waals surface area contributed by atoms with Crippen LogP contribution in [-0.4, -0.2) is 35.4 Å². The van der Waals surface area contributed by atoms with Crippen molar-refractivity contribution < 1.29 is 4.74 Å². The minimum atomic E-state index is 0.590. The molecule has 0 aliphatic carbocycles. The molecule has 0 unspecified atom stereocenters. The van der Waals surface area contributed by atoms with E-state index in [0.29, 0.717) is 5.88 Å². The van der Waals surface area contributed by atoms with Gasteiger partial charge in [-0.2, -0.15) is 0 Å². The Morgan fingerprint density at radius 1 is 1.39 bits per heavy atom. The number of aromatic nitrogens is 3. The molecule has 2 rings (SSSR count). The van der Waals surface area contributed by atoms with Gasteiger partial charge in [0.1, 0.15) is 5.01 Å². The minimum Gasteiger partial charge on any atom is -0.480 e. The van der Waals surface area contributed by atoms with Crippen LogP contribution in [0.5, 0.6) is 5.88 Å². The lowest BCUT2D eigenvalue weighted by Gasteiger charge is -2.02. The molecular weight excluding hydrogens is 248 g/mol. The van der Waals surface area contributed by atoms with Crippen molar-refractivity contribution in [2.45, 2.75) is 13.3 Å². The molecule has 2 heterocycles. The molecule has 0 radical (unpaired) electrons. The number of likely N-dealkylation sites (N-methyl/N-ethyl adjacent to an activating group) is 1. The summed E-state index contributed by atoms with van der Waals surface area (Å²) in [5.74, 6) is 0.590. The topological polar surface area (TPSA) is 59.9 Å². The highest BCUT2D eigenvalue weighted by molar-refractivity contribution is 7.14. The first-order valence-electron chi connectivity index (χ1n) is 5.87. The third-order valence-electron chi connectivity index (χ3n) is 2.43.